The summed E-state index contributed by atoms with van der Waals surface area (Å²) in [4.78, 5) is 0. The number of aliphatic hydroxyl groups is 2. The van der Waals surface area contributed by atoms with Crippen molar-refractivity contribution in [3.63, 3.8) is 0 Å². The summed E-state index contributed by atoms with van der Waals surface area (Å²) in [5.41, 5.74) is 5.25. The molecule has 10 nitrogen and oxygen atoms in total. The molecule has 10 heteroatoms. The van der Waals surface area contributed by atoms with Crippen molar-refractivity contribution in [1.82, 2.24) is 0 Å². The Kier molecular flexibility index (Phi) is 9.44. The Morgan fingerprint density at radius 3 is 2.40 bits per heavy atom. The first-order valence-corrected chi connectivity index (χ1v) is 18.2. The monoisotopic (exact) mass is 720 g/mol. The summed E-state index contributed by atoms with van der Waals surface area (Å²) in [6.07, 6.45) is 0.501. The van der Waals surface area contributed by atoms with Crippen molar-refractivity contribution >= 4 is 10.8 Å². The van der Waals surface area contributed by atoms with Gasteiger partial charge < -0.3 is 49.2 Å². The summed E-state index contributed by atoms with van der Waals surface area (Å²) in [6.45, 7) is 1.16. The second-order valence-corrected chi connectivity index (χ2v) is 14.2. The minimum absolute atomic E-state index is 0.102. The second-order valence-electron chi connectivity index (χ2n) is 14.2. The van der Waals surface area contributed by atoms with E-state index in [-0.39, 0.29) is 23.9 Å². The van der Waals surface area contributed by atoms with Crippen LogP contribution >= 0.6 is 0 Å². The molecule has 5 aromatic carbocycles. The lowest BCUT2D eigenvalue weighted by molar-refractivity contribution is -0.0888. The Hall–Kier alpha value is -5.16. The molecular weight excluding hydrogens is 676 g/mol. The number of phenols is 3. The summed E-state index contributed by atoms with van der Waals surface area (Å²) in [5.74, 6) is 1.54. The number of ether oxygens (including phenoxy) is 5. The molecule has 0 amide bonds. The maximum Gasteiger partial charge on any atom is 0.133 e. The number of benzene rings is 5. The summed E-state index contributed by atoms with van der Waals surface area (Å²) in [7, 11) is 3.22. The lowest BCUT2D eigenvalue weighted by atomic mass is 9.71. The fraction of sp³-hybridized carbons (Fsp3) is 0.349. The van der Waals surface area contributed by atoms with Gasteiger partial charge in [-0.1, -0.05) is 18.2 Å². The average Bonchev–Trinajstić information content (AvgIpc) is 3.15. The van der Waals surface area contributed by atoms with Gasteiger partial charge in [0.15, 0.2) is 0 Å². The standard InChI is InChI=1S/C43H44O10/c1-49-14-5-9-36-37(40(48)38-32-8-4-15-51-42(32)33-20-28(46)11-13-31(33)43(38)53-36)35-22-52-41-25(19-29(50-2)21-34(41)39(35)47)16-24-18-27(45)10-12-30(24)23-6-3-7-26(44)17-23/h3,6-7,10-13,17-21,35-37,39-40,44-48H,4-5,8-9,14-16,22H2,1-2H3/t35-,36-,37-,39-,40-/m1/s1. The van der Waals surface area contributed by atoms with Gasteiger partial charge >= 0.3 is 0 Å². The average molecular weight is 721 g/mol. The van der Waals surface area contributed by atoms with E-state index in [1.165, 1.54) is 0 Å². The number of hydrogen-bond donors (Lipinski definition) is 5. The molecule has 276 valence electrons. The third kappa shape index (κ3) is 6.34. The maximum absolute atomic E-state index is 12.5. The van der Waals surface area contributed by atoms with Crippen LogP contribution in [0.25, 0.3) is 21.9 Å². The van der Waals surface area contributed by atoms with Gasteiger partial charge in [0, 0.05) is 65.0 Å². The number of aromatic hydroxyl groups is 3. The first-order valence-electron chi connectivity index (χ1n) is 18.2. The molecule has 8 rings (SSSR count). The molecule has 0 radical (unpaired) electrons. The highest BCUT2D eigenvalue weighted by molar-refractivity contribution is 5.97. The molecule has 3 aliphatic heterocycles. The van der Waals surface area contributed by atoms with Crippen molar-refractivity contribution in [2.24, 2.45) is 11.8 Å². The van der Waals surface area contributed by atoms with Crippen LogP contribution in [0.2, 0.25) is 0 Å². The van der Waals surface area contributed by atoms with Gasteiger partial charge in [0.25, 0.3) is 0 Å². The molecule has 5 atom stereocenters. The van der Waals surface area contributed by atoms with Gasteiger partial charge in [-0.05, 0) is 97.0 Å². The van der Waals surface area contributed by atoms with E-state index in [1.807, 2.05) is 24.3 Å². The third-order valence-electron chi connectivity index (χ3n) is 11.0. The fourth-order valence-electron chi connectivity index (χ4n) is 8.61. The topological polar surface area (TPSA) is 147 Å². The van der Waals surface area contributed by atoms with Crippen LogP contribution in [0.4, 0.5) is 0 Å². The van der Waals surface area contributed by atoms with Crippen molar-refractivity contribution < 1.29 is 49.2 Å². The molecule has 0 unspecified atom stereocenters. The Balaban J connectivity index is 1.20. The van der Waals surface area contributed by atoms with Crippen LogP contribution in [0, 0.1) is 11.8 Å². The Morgan fingerprint density at radius 2 is 1.58 bits per heavy atom. The SMILES string of the molecule is COCCC[C@H]1Oc2c(c3c(c4cc(O)ccc24)OCCC3)[C@H](O)[C@@H]1[C@H]1COc2c(Cc3cc(O)ccc3-c3cccc(O)c3)cc(OC)cc2[C@H]1O. The molecule has 53 heavy (non-hydrogen) atoms. The van der Waals surface area contributed by atoms with Crippen LogP contribution in [0.3, 0.4) is 0 Å². The number of hydrogen-bond acceptors (Lipinski definition) is 10. The van der Waals surface area contributed by atoms with Gasteiger partial charge in [0.1, 0.15) is 46.4 Å². The van der Waals surface area contributed by atoms with E-state index in [4.69, 9.17) is 23.7 Å². The van der Waals surface area contributed by atoms with Crippen LogP contribution in [-0.2, 0) is 17.6 Å². The fourth-order valence-corrected chi connectivity index (χ4v) is 8.61. The van der Waals surface area contributed by atoms with Gasteiger partial charge in [0.2, 0.25) is 0 Å². The molecule has 5 aromatic rings. The van der Waals surface area contributed by atoms with Crippen LogP contribution in [-0.4, -0.2) is 65.7 Å². The van der Waals surface area contributed by atoms with Gasteiger partial charge in [-0.15, -0.1) is 0 Å². The molecule has 0 spiro atoms. The summed E-state index contributed by atoms with van der Waals surface area (Å²) < 4.78 is 30.8. The quantitative estimate of drug-likeness (QED) is 0.0997. The lowest BCUT2D eigenvalue weighted by Crippen LogP contribution is -2.46. The minimum Gasteiger partial charge on any atom is -0.508 e. The number of rotatable bonds is 9. The predicted octanol–water partition coefficient (Wildman–Crippen LogP) is 7.13. The Labute approximate surface area is 307 Å². The van der Waals surface area contributed by atoms with Crippen LogP contribution < -0.4 is 18.9 Å². The highest BCUT2D eigenvalue weighted by Gasteiger charge is 2.49. The Morgan fingerprint density at radius 1 is 0.774 bits per heavy atom. The zero-order chi connectivity index (χ0) is 36.8. The van der Waals surface area contributed by atoms with Gasteiger partial charge in [-0.3, -0.25) is 0 Å². The number of fused-ring (bicyclic) bond motifs is 7. The highest BCUT2D eigenvalue weighted by atomic mass is 16.5. The molecular formula is C43H44O10. The summed E-state index contributed by atoms with van der Waals surface area (Å²) >= 11 is 0. The third-order valence-corrected chi connectivity index (χ3v) is 11.0. The van der Waals surface area contributed by atoms with Gasteiger partial charge in [-0.25, -0.2) is 0 Å². The Bertz CT molecular complexity index is 2160. The van der Waals surface area contributed by atoms with Crippen LogP contribution in [0.1, 0.15) is 59.3 Å². The second kappa shape index (κ2) is 14.3. The van der Waals surface area contributed by atoms with Gasteiger partial charge in [0.05, 0.1) is 32.5 Å². The predicted molar refractivity (Wildman–Crippen MR) is 198 cm³/mol. The molecule has 0 aliphatic carbocycles. The summed E-state index contributed by atoms with van der Waals surface area (Å²) in [6, 6.07) is 20.9. The molecule has 3 aliphatic rings. The highest BCUT2D eigenvalue weighted by Crippen LogP contribution is 2.55. The summed E-state index contributed by atoms with van der Waals surface area (Å²) in [5, 5.41) is 57.5. The normalized spacial score (nSPS) is 21.8. The number of aliphatic hydroxyl groups excluding tert-OH is 2. The van der Waals surface area contributed by atoms with E-state index in [2.05, 4.69) is 0 Å². The molecule has 0 bridgehead atoms. The van der Waals surface area contributed by atoms with E-state index in [0.717, 1.165) is 45.0 Å². The van der Waals surface area contributed by atoms with Gasteiger partial charge in [-0.2, -0.15) is 0 Å². The largest absolute Gasteiger partial charge is 0.508 e. The van der Waals surface area contributed by atoms with E-state index in [9.17, 15) is 25.5 Å². The first-order chi connectivity index (χ1) is 25.7. The van der Waals surface area contributed by atoms with Crippen molar-refractivity contribution in [1.29, 1.82) is 0 Å². The van der Waals surface area contributed by atoms with Crippen LogP contribution in [0.15, 0.2) is 72.8 Å². The van der Waals surface area contributed by atoms with Crippen molar-refractivity contribution in [3.8, 4) is 51.4 Å². The van der Waals surface area contributed by atoms with Crippen molar-refractivity contribution in [2.75, 3.05) is 34.0 Å². The number of phenolic OH excluding ortho intramolecular Hbond substituents is 3. The molecule has 5 N–H and O–H groups in total. The van der Waals surface area contributed by atoms with E-state index in [1.54, 1.807) is 62.8 Å². The van der Waals surface area contributed by atoms with Crippen LogP contribution in [0.5, 0.6) is 40.2 Å². The smallest absolute Gasteiger partial charge is 0.133 e. The molecule has 0 aromatic heterocycles. The zero-order valence-electron chi connectivity index (χ0n) is 29.7. The molecule has 3 heterocycles. The van der Waals surface area contributed by atoms with Crippen molar-refractivity contribution in [3.05, 3.63) is 101 Å². The lowest BCUT2D eigenvalue weighted by Gasteiger charge is -2.46. The molecule has 0 fully saturated rings. The van der Waals surface area contributed by atoms with E-state index in [0.29, 0.717) is 73.0 Å². The maximum atomic E-state index is 12.5. The minimum atomic E-state index is -1.04. The molecule has 0 saturated carbocycles. The zero-order valence-corrected chi connectivity index (χ0v) is 29.7. The van der Waals surface area contributed by atoms with E-state index < -0.39 is 30.1 Å². The van der Waals surface area contributed by atoms with Crippen molar-refractivity contribution in [2.45, 2.75) is 50.4 Å². The molecule has 0 saturated heterocycles. The van der Waals surface area contributed by atoms with E-state index >= 15 is 0 Å². The first kappa shape index (κ1) is 34.9. The number of methoxy groups -OCH3 is 2.